The van der Waals surface area contributed by atoms with Crippen molar-refractivity contribution in [3.63, 3.8) is 0 Å². The standard InChI is InChI=1S/C13H17N5OS/c1-7(2)18-6-10(5-15-18)19-13-11(12(14)20)8(3)9(4)16-17-13/h5-7H,1-4H3,(H2,14,20). The van der Waals surface area contributed by atoms with Gasteiger partial charge >= 0.3 is 0 Å². The van der Waals surface area contributed by atoms with Gasteiger partial charge < -0.3 is 10.5 Å². The van der Waals surface area contributed by atoms with Crippen LogP contribution < -0.4 is 10.5 Å². The number of hydrogen-bond acceptors (Lipinski definition) is 5. The molecule has 0 spiro atoms. The Morgan fingerprint density at radius 1 is 1.35 bits per heavy atom. The predicted octanol–water partition coefficient (Wildman–Crippen LogP) is 2.30. The summed E-state index contributed by atoms with van der Waals surface area (Å²) < 4.78 is 7.51. The normalized spacial score (nSPS) is 10.8. The first kappa shape index (κ1) is 14.4. The summed E-state index contributed by atoms with van der Waals surface area (Å²) in [6.07, 6.45) is 3.42. The van der Waals surface area contributed by atoms with Gasteiger partial charge in [0.05, 0.1) is 23.7 Å². The molecule has 0 amide bonds. The number of aromatic nitrogens is 4. The molecule has 0 bridgehead atoms. The lowest BCUT2D eigenvalue weighted by Gasteiger charge is -2.11. The number of aryl methyl sites for hydroxylation is 1. The SMILES string of the molecule is Cc1nnc(Oc2cnn(C(C)C)c2)c(C(N)=S)c1C. The van der Waals surface area contributed by atoms with Crippen LogP contribution in [-0.2, 0) is 0 Å². The molecule has 7 heteroatoms. The molecule has 20 heavy (non-hydrogen) atoms. The van der Waals surface area contributed by atoms with E-state index in [2.05, 4.69) is 15.3 Å². The first-order valence-corrected chi connectivity index (χ1v) is 6.66. The third-order valence-electron chi connectivity index (χ3n) is 2.99. The van der Waals surface area contributed by atoms with E-state index < -0.39 is 0 Å². The van der Waals surface area contributed by atoms with Crippen molar-refractivity contribution >= 4 is 17.2 Å². The molecule has 0 aliphatic carbocycles. The van der Waals surface area contributed by atoms with Crippen LogP contribution in [0.3, 0.4) is 0 Å². The highest BCUT2D eigenvalue weighted by atomic mass is 32.1. The fraction of sp³-hybridized carbons (Fsp3) is 0.385. The zero-order valence-electron chi connectivity index (χ0n) is 11.9. The van der Waals surface area contributed by atoms with Gasteiger partial charge in [-0.15, -0.1) is 5.10 Å². The Bertz CT molecular complexity index is 650. The molecule has 0 aromatic carbocycles. The van der Waals surface area contributed by atoms with Gasteiger partial charge in [-0.2, -0.15) is 10.2 Å². The quantitative estimate of drug-likeness (QED) is 0.871. The van der Waals surface area contributed by atoms with Crippen LogP contribution in [0.2, 0.25) is 0 Å². The van der Waals surface area contributed by atoms with Crippen molar-refractivity contribution in [2.24, 2.45) is 5.73 Å². The molecule has 6 nitrogen and oxygen atoms in total. The number of ether oxygens (including phenoxy) is 1. The van der Waals surface area contributed by atoms with Crippen molar-refractivity contribution in [3.8, 4) is 11.6 Å². The summed E-state index contributed by atoms with van der Waals surface area (Å²) in [5, 5.41) is 12.3. The van der Waals surface area contributed by atoms with Crippen molar-refractivity contribution < 1.29 is 4.74 Å². The first-order chi connectivity index (χ1) is 9.40. The molecule has 0 saturated carbocycles. The Morgan fingerprint density at radius 3 is 2.60 bits per heavy atom. The summed E-state index contributed by atoms with van der Waals surface area (Å²) in [5.74, 6) is 0.887. The zero-order chi connectivity index (χ0) is 14.9. The maximum Gasteiger partial charge on any atom is 0.249 e. The first-order valence-electron chi connectivity index (χ1n) is 6.25. The molecule has 0 fully saturated rings. The van der Waals surface area contributed by atoms with E-state index in [4.69, 9.17) is 22.7 Å². The highest BCUT2D eigenvalue weighted by Gasteiger charge is 2.16. The van der Waals surface area contributed by atoms with Crippen LogP contribution in [0.5, 0.6) is 11.6 Å². The van der Waals surface area contributed by atoms with E-state index in [0.29, 0.717) is 17.2 Å². The molecular formula is C13H17N5OS. The lowest BCUT2D eigenvalue weighted by molar-refractivity contribution is 0.449. The maximum atomic E-state index is 5.75. The number of nitrogens with two attached hydrogens (primary N) is 1. The second-order valence-electron chi connectivity index (χ2n) is 4.81. The summed E-state index contributed by atoms with van der Waals surface area (Å²) in [7, 11) is 0. The molecule has 0 aliphatic heterocycles. The van der Waals surface area contributed by atoms with E-state index in [0.717, 1.165) is 11.3 Å². The maximum absolute atomic E-state index is 5.75. The Labute approximate surface area is 123 Å². The van der Waals surface area contributed by atoms with Crippen molar-refractivity contribution in [2.75, 3.05) is 0 Å². The van der Waals surface area contributed by atoms with Crippen LogP contribution >= 0.6 is 12.2 Å². The third kappa shape index (κ3) is 2.77. The topological polar surface area (TPSA) is 78.9 Å². The van der Waals surface area contributed by atoms with Crippen LogP contribution in [0.4, 0.5) is 0 Å². The Balaban J connectivity index is 2.38. The predicted molar refractivity (Wildman–Crippen MR) is 80.1 cm³/mol. The molecule has 2 N–H and O–H groups in total. The molecule has 2 aromatic heterocycles. The Kier molecular flexibility index (Phi) is 3.99. The fourth-order valence-corrected chi connectivity index (χ4v) is 1.96. The van der Waals surface area contributed by atoms with E-state index in [1.165, 1.54) is 0 Å². The zero-order valence-corrected chi connectivity index (χ0v) is 12.7. The van der Waals surface area contributed by atoms with Gasteiger partial charge in [0.15, 0.2) is 5.75 Å². The van der Waals surface area contributed by atoms with E-state index in [-0.39, 0.29) is 11.0 Å². The van der Waals surface area contributed by atoms with Gasteiger partial charge in [0.2, 0.25) is 5.88 Å². The molecular weight excluding hydrogens is 274 g/mol. The average molecular weight is 291 g/mol. The summed E-state index contributed by atoms with van der Waals surface area (Å²) in [4.78, 5) is 0.242. The lowest BCUT2D eigenvalue weighted by Crippen LogP contribution is -2.15. The molecule has 0 saturated heterocycles. The Morgan fingerprint density at radius 2 is 2.05 bits per heavy atom. The van der Waals surface area contributed by atoms with Gasteiger partial charge in [-0.05, 0) is 33.3 Å². The van der Waals surface area contributed by atoms with Gasteiger partial charge in [0.25, 0.3) is 0 Å². The smallest absolute Gasteiger partial charge is 0.249 e. The number of rotatable bonds is 4. The highest BCUT2D eigenvalue weighted by Crippen LogP contribution is 2.26. The second kappa shape index (κ2) is 5.54. The monoisotopic (exact) mass is 291 g/mol. The van der Waals surface area contributed by atoms with Crippen molar-refractivity contribution in [3.05, 3.63) is 29.2 Å². The summed E-state index contributed by atoms with van der Waals surface area (Å²) in [6.45, 7) is 7.81. The van der Waals surface area contributed by atoms with Crippen LogP contribution in [0.1, 0.15) is 36.7 Å². The molecule has 2 heterocycles. The minimum absolute atomic E-state index is 0.242. The summed E-state index contributed by atoms with van der Waals surface area (Å²) in [5.41, 5.74) is 8.02. The van der Waals surface area contributed by atoms with Crippen molar-refractivity contribution in [2.45, 2.75) is 33.7 Å². The largest absolute Gasteiger partial charge is 0.434 e. The fourth-order valence-electron chi connectivity index (χ4n) is 1.72. The minimum atomic E-state index is 0.242. The molecule has 2 rings (SSSR count). The lowest BCUT2D eigenvalue weighted by atomic mass is 10.1. The van der Waals surface area contributed by atoms with Gasteiger partial charge in [0, 0.05) is 6.04 Å². The van der Waals surface area contributed by atoms with Crippen LogP contribution in [0, 0.1) is 13.8 Å². The average Bonchev–Trinajstić information content (AvgIpc) is 2.82. The van der Waals surface area contributed by atoms with Gasteiger partial charge in [-0.3, -0.25) is 4.68 Å². The molecule has 0 aliphatic rings. The van der Waals surface area contributed by atoms with Crippen LogP contribution in [0.25, 0.3) is 0 Å². The van der Waals surface area contributed by atoms with Gasteiger partial charge in [0.1, 0.15) is 4.99 Å². The highest BCUT2D eigenvalue weighted by molar-refractivity contribution is 7.80. The summed E-state index contributed by atoms with van der Waals surface area (Å²) in [6, 6.07) is 0.258. The van der Waals surface area contributed by atoms with Crippen molar-refractivity contribution in [1.29, 1.82) is 0 Å². The molecule has 0 unspecified atom stereocenters. The minimum Gasteiger partial charge on any atom is -0.434 e. The van der Waals surface area contributed by atoms with Gasteiger partial charge in [-0.1, -0.05) is 12.2 Å². The molecule has 106 valence electrons. The van der Waals surface area contributed by atoms with E-state index in [1.54, 1.807) is 17.1 Å². The van der Waals surface area contributed by atoms with E-state index >= 15 is 0 Å². The number of thiocarbonyl (C=S) groups is 1. The third-order valence-corrected chi connectivity index (χ3v) is 3.19. The summed E-state index contributed by atoms with van der Waals surface area (Å²) >= 11 is 5.07. The van der Waals surface area contributed by atoms with E-state index in [1.807, 2.05) is 27.7 Å². The van der Waals surface area contributed by atoms with Crippen LogP contribution in [-0.4, -0.2) is 25.0 Å². The molecule has 0 radical (unpaired) electrons. The van der Waals surface area contributed by atoms with Crippen LogP contribution in [0.15, 0.2) is 12.4 Å². The molecule has 2 aromatic rings. The van der Waals surface area contributed by atoms with Crippen molar-refractivity contribution in [1.82, 2.24) is 20.0 Å². The Hall–Kier alpha value is -2.02. The number of nitrogens with zero attached hydrogens (tertiary/aromatic N) is 4. The van der Waals surface area contributed by atoms with E-state index in [9.17, 15) is 0 Å². The second-order valence-corrected chi connectivity index (χ2v) is 5.25. The van der Waals surface area contributed by atoms with Gasteiger partial charge in [-0.25, -0.2) is 0 Å². The molecule has 0 atom stereocenters. The number of hydrogen-bond donors (Lipinski definition) is 1.